The summed E-state index contributed by atoms with van der Waals surface area (Å²) in [6, 6.07) is 0. The minimum absolute atomic E-state index is 0.210. The average molecular weight is 343 g/mol. The maximum atomic E-state index is 8.89. The van der Waals surface area contributed by atoms with E-state index < -0.39 is 0 Å². The van der Waals surface area contributed by atoms with Gasteiger partial charge in [-0.3, -0.25) is 0 Å². The maximum Gasteiger partial charge on any atom is 0.0476 e. The predicted molar refractivity (Wildman–Crippen MR) is 108 cm³/mol. The number of thiocarbonyl (C=S) groups is 1. The first-order chi connectivity index (χ1) is 11.2. The van der Waals surface area contributed by atoms with Crippen LogP contribution in [0.5, 0.6) is 0 Å². The summed E-state index contributed by atoms with van der Waals surface area (Å²) in [5.41, 5.74) is 0. The molecule has 1 N–H and O–H groups in total. The standard InChI is InChI=1S/C21H42OS/c1-3-4-5-6-7-8-9-10-11-12-13-14-15-16-17-20(2)21(23)18-19-22/h20,22H,3-19H2,1-2H3. The zero-order valence-corrected chi connectivity index (χ0v) is 16.8. The van der Waals surface area contributed by atoms with Gasteiger partial charge in [-0.1, -0.05) is 116 Å². The first kappa shape index (κ1) is 23.1. The molecule has 1 unspecified atom stereocenters. The predicted octanol–water partition coefficient (Wildman–Crippen LogP) is 7.25. The van der Waals surface area contributed by atoms with Crippen LogP contribution in [0.25, 0.3) is 0 Å². The highest BCUT2D eigenvalue weighted by Gasteiger charge is 2.07. The number of aliphatic hydroxyl groups excluding tert-OH is 1. The van der Waals surface area contributed by atoms with Crippen LogP contribution in [0.3, 0.4) is 0 Å². The molecule has 0 amide bonds. The Morgan fingerprint density at radius 1 is 0.739 bits per heavy atom. The van der Waals surface area contributed by atoms with E-state index in [4.69, 9.17) is 17.3 Å². The minimum atomic E-state index is 0.210. The second kappa shape index (κ2) is 18.4. The summed E-state index contributed by atoms with van der Waals surface area (Å²) in [6.45, 7) is 4.70. The fraction of sp³-hybridized carbons (Fsp3) is 0.952. The van der Waals surface area contributed by atoms with E-state index in [2.05, 4.69) is 13.8 Å². The lowest BCUT2D eigenvalue weighted by molar-refractivity contribution is 0.306. The van der Waals surface area contributed by atoms with Gasteiger partial charge in [0, 0.05) is 13.0 Å². The molecular formula is C21H42OS. The van der Waals surface area contributed by atoms with Crippen molar-refractivity contribution in [3.8, 4) is 0 Å². The van der Waals surface area contributed by atoms with Crippen molar-refractivity contribution in [2.24, 2.45) is 5.92 Å². The number of hydrogen-bond donors (Lipinski definition) is 1. The van der Waals surface area contributed by atoms with E-state index in [0.29, 0.717) is 12.3 Å². The highest BCUT2D eigenvalue weighted by Crippen LogP contribution is 2.16. The van der Waals surface area contributed by atoms with Gasteiger partial charge in [-0.15, -0.1) is 0 Å². The molecule has 0 radical (unpaired) electrons. The first-order valence-corrected chi connectivity index (χ1v) is 10.8. The number of rotatable bonds is 18. The number of aliphatic hydroxyl groups is 1. The molecule has 2 heteroatoms. The minimum Gasteiger partial charge on any atom is -0.396 e. The largest absolute Gasteiger partial charge is 0.396 e. The van der Waals surface area contributed by atoms with Crippen molar-refractivity contribution in [2.75, 3.05) is 6.61 Å². The Hall–Kier alpha value is 0.0500. The molecule has 0 aromatic rings. The number of hydrogen-bond acceptors (Lipinski definition) is 2. The van der Waals surface area contributed by atoms with Crippen molar-refractivity contribution < 1.29 is 5.11 Å². The molecule has 0 fully saturated rings. The Morgan fingerprint density at radius 2 is 1.13 bits per heavy atom. The second-order valence-electron chi connectivity index (χ2n) is 7.23. The van der Waals surface area contributed by atoms with Gasteiger partial charge in [0.2, 0.25) is 0 Å². The van der Waals surface area contributed by atoms with Gasteiger partial charge < -0.3 is 5.11 Å². The molecule has 0 saturated carbocycles. The molecule has 0 aliphatic heterocycles. The molecule has 0 aliphatic carbocycles. The smallest absolute Gasteiger partial charge is 0.0476 e. The highest BCUT2D eigenvalue weighted by atomic mass is 32.1. The van der Waals surface area contributed by atoms with Crippen molar-refractivity contribution in [3.05, 3.63) is 0 Å². The highest BCUT2D eigenvalue weighted by molar-refractivity contribution is 7.80. The molecular weight excluding hydrogens is 300 g/mol. The van der Waals surface area contributed by atoms with E-state index in [1.165, 1.54) is 96.3 Å². The van der Waals surface area contributed by atoms with Crippen molar-refractivity contribution >= 4 is 17.1 Å². The molecule has 0 saturated heterocycles. The van der Waals surface area contributed by atoms with Crippen molar-refractivity contribution in [1.29, 1.82) is 0 Å². The quantitative estimate of drug-likeness (QED) is 0.209. The van der Waals surface area contributed by atoms with Crippen LogP contribution in [-0.4, -0.2) is 16.6 Å². The van der Waals surface area contributed by atoms with Crippen LogP contribution in [0.2, 0.25) is 0 Å². The summed E-state index contributed by atoms with van der Waals surface area (Å²) < 4.78 is 0. The molecule has 0 heterocycles. The second-order valence-corrected chi connectivity index (χ2v) is 7.75. The molecule has 0 aromatic carbocycles. The summed E-state index contributed by atoms with van der Waals surface area (Å²) >= 11 is 5.32. The van der Waals surface area contributed by atoms with Crippen LogP contribution in [0.15, 0.2) is 0 Å². The lowest BCUT2D eigenvalue weighted by atomic mass is 9.97. The maximum absolute atomic E-state index is 8.89. The summed E-state index contributed by atoms with van der Waals surface area (Å²) in [5.74, 6) is 0.509. The van der Waals surface area contributed by atoms with E-state index in [-0.39, 0.29) is 6.61 Å². The molecule has 1 atom stereocenters. The van der Waals surface area contributed by atoms with Gasteiger partial charge in [-0.2, -0.15) is 0 Å². The Bertz CT molecular complexity index is 252. The van der Waals surface area contributed by atoms with Crippen molar-refractivity contribution in [2.45, 2.75) is 117 Å². The number of unbranched alkanes of at least 4 members (excludes halogenated alkanes) is 13. The normalized spacial score (nSPS) is 12.5. The fourth-order valence-corrected chi connectivity index (χ4v) is 3.37. The summed E-state index contributed by atoms with van der Waals surface area (Å²) in [6.07, 6.45) is 21.7. The van der Waals surface area contributed by atoms with Crippen molar-refractivity contribution in [3.63, 3.8) is 0 Å². The van der Waals surface area contributed by atoms with Gasteiger partial charge in [-0.25, -0.2) is 0 Å². The van der Waals surface area contributed by atoms with Gasteiger partial charge in [-0.05, 0) is 17.2 Å². The van der Waals surface area contributed by atoms with Crippen LogP contribution in [0.1, 0.15) is 117 Å². The van der Waals surface area contributed by atoms with E-state index in [1.54, 1.807) is 0 Å². The first-order valence-electron chi connectivity index (χ1n) is 10.4. The third-order valence-corrected chi connectivity index (χ3v) is 5.51. The Morgan fingerprint density at radius 3 is 1.52 bits per heavy atom. The van der Waals surface area contributed by atoms with E-state index in [9.17, 15) is 0 Å². The van der Waals surface area contributed by atoms with Crippen LogP contribution in [0, 0.1) is 5.92 Å². The van der Waals surface area contributed by atoms with Crippen molar-refractivity contribution in [1.82, 2.24) is 0 Å². The van der Waals surface area contributed by atoms with E-state index in [1.807, 2.05) is 0 Å². The Kier molecular flexibility index (Phi) is 18.4. The van der Waals surface area contributed by atoms with Gasteiger partial charge >= 0.3 is 0 Å². The van der Waals surface area contributed by atoms with E-state index >= 15 is 0 Å². The van der Waals surface area contributed by atoms with Gasteiger partial charge in [0.1, 0.15) is 0 Å². The molecule has 0 rings (SSSR count). The van der Waals surface area contributed by atoms with Gasteiger partial charge in [0.25, 0.3) is 0 Å². The third kappa shape index (κ3) is 16.7. The average Bonchev–Trinajstić information content (AvgIpc) is 2.55. The van der Waals surface area contributed by atoms with Gasteiger partial charge in [0.05, 0.1) is 0 Å². The van der Waals surface area contributed by atoms with Crippen LogP contribution < -0.4 is 0 Å². The summed E-state index contributed by atoms with van der Waals surface area (Å²) in [5, 5.41) is 8.89. The Balaban J connectivity index is 3.14. The molecule has 138 valence electrons. The molecule has 0 aliphatic rings. The van der Waals surface area contributed by atoms with Crippen LogP contribution >= 0.6 is 12.2 Å². The molecule has 0 aromatic heterocycles. The summed E-state index contributed by atoms with van der Waals surface area (Å²) in [7, 11) is 0. The molecule has 0 spiro atoms. The molecule has 1 nitrogen and oxygen atoms in total. The van der Waals surface area contributed by atoms with Crippen LogP contribution in [-0.2, 0) is 0 Å². The monoisotopic (exact) mass is 342 g/mol. The molecule has 0 bridgehead atoms. The lowest BCUT2D eigenvalue weighted by Gasteiger charge is -2.11. The SMILES string of the molecule is CCCCCCCCCCCCCCCCC(C)C(=S)CCO. The lowest BCUT2D eigenvalue weighted by Crippen LogP contribution is -2.10. The molecule has 23 heavy (non-hydrogen) atoms. The Labute approximate surface area is 151 Å². The third-order valence-electron chi connectivity index (χ3n) is 4.90. The van der Waals surface area contributed by atoms with Gasteiger partial charge in [0.15, 0.2) is 0 Å². The zero-order valence-electron chi connectivity index (χ0n) is 16.0. The zero-order chi connectivity index (χ0) is 17.2. The topological polar surface area (TPSA) is 20.2 Å². The fourth-order valence-electron chi connectivity index (χ4n) is 3.16. The summed E-state index contributed by atoms with van der Waals surface area (Å²) in [4.78, 5) is 1.06. The van der Waals surface area contributed by atoms with E-state index in [0.717, 1.165) is 4.86 Å². The van der Waals surface area contributed by atoms with Crippen LogP contribution in [0.4, 0.5) is 0 Å².